The minimum atomic E-state index is -1.29. The highest BCUT2D eigenvalue weighted by molar-refractivity contribution is 5.77. The van der Waals surface area contributed by atoms with Crippen LogP contribution in [-0.2, 0) is 9.53 Å². The van der Waals surface area contributed by atoms with Crippen molar-refractivity contribution in [3.8, 4) is 0 Å². The Kier molecular flexibility index (Phi) is 4.45. The second-order valence-electron chi connectivity index (χ2n) is 6.22. The molecule has 11 heteroatoms. The van der Waals surface area contributed by atoms with Gasteiger partial charge in [-0.15, -0.1) is 0 Å². The van der Waals surface area contributed by atoms with Crippen molar-refractivity contribution in [1.29, 1.82) is 0 Å². The molecule has 1 aliphatic heterocycles. The Bertz CT molecular complexity index is 846. The predicted molar refractivity (Wildman–Crippen MR) is 86.3 cm³/mol. The van der Waals surface area contributed by atoms with Crippen LogP contribution >= 0.6 is 0 Å². The summed E-state index contributed by atoms with van der Waals surface area (Å²) in [5.41, 5.74) is 5.19. The quantitative estimate of drug-likeness (QED) is 0.425. The molecule has 3 heterocycles. The Morgan fingerprint density at radius 2 is 2.20 bits per heavy atom. The number of nitrogen functional groups attached to an aromatic ring is 1. The van der Waals surface area contributed by atoms with Crippen molar-refractivity contribution in [2.24, 2.45) is 5.92 Å². The molecule has 6 N–H and O–H groups in total. The molecule has 0 aliphatic carbocycles. The number of aromatic nitrogens is 4. The van der Waals surface area contributed by atoms with Crippen LogP contribution in [-0.4, -0.2) is 60.5 Å². The van der Waals surface area contributed by atoms with Gasteiger partial charge in [-0.05, 0) is 0 Å². The molecular weight excluding hydrogens is 332 g/mol. The van der Waals surface area contributed by atoms with Gasteiger partial charge in [0.25, 0.3) is 5.56 Å². The molecule has 0 aromatic carbocycles. The van der Waals surface area contributed by atoms with E-state index in [1.807, 2.05) is 0 Å². The monoisotopic (exact) mass is 352 g/mol. The zero-order chi connectivity index (χ0) is 18.3. The lowest BCUT2D eigenvalue weighted by molar-refractivity contribution is -0.125. The van der Waals surface area contributed by atoms with E-state index in [1.165, 1.54) is 10.9 Å². The topological polar surface area (TPSA) is 168 Å². The average molecular weight is 352 g/mol. The van der Waals surface area contributed by atoms with E-state index in [1.54, 1.807) is 13.8 Å². The van der Waals surface area contributed by atoms with Crippen LogP contribution in [0.2, 0.25) is 0 Å². The number of aliphatic hydroxyl groups is 2. The van der Waals surface area contributed by atoms with Gasteiger partial charge in [0.05, 0.1) is 6.33 Å². The number of amides is 1. The van der Waals surface area contributed by atoms with Gasteiger partial charge in [0, 0.05) is 12.5 Å². The number of carbonyl (C=O) groups is 1. The lowest BCUT2D eigenvalue weighted by Crippen LogP contribution is -2.41. The number of fused-ring (bicyclic) bond motifs is 1. The van der Waals surface area contributed by atoms with E-state index >= 15 is 0 Å². The molecule has 136 valence electrons. The number of nitrogens with zero attached hydrogens (tertiary/aromatic N) is 3. The maximum atomic E-state index is 11.8. The number of ether oxygens (including phenoxy) is 1. The summed E-state index contributed by atoms with van der Waals surface area (Å²) in [6.07, 6.45) is -3.08. The molecule has 0 saturated carbocycles. The summed E-state index contributed by atoms with van der Waals surface area (Å²) in [4.78, 5) is 33.8. The van der Waals surface area contributed by atoms with E-state index in [4.69, 9.17) is 10.5 Å². The van der Waals surface area contributed by atoms with Crippen LogP contribution < -0.4 is 16.6 Å². The van der Waals surface area contributed by atoms with E-state index in [2.05, 4.69) is 20.3 Å². The van der Waals surface area contributed by atoms with Crippen LogP contribution in [0.15, 0.2) is 11.1 Å². The second-order valence-corrected chi connectivity index (χ2v) is 6.22. The number of rotatable bonds is 4. The first-order valence-corrected chi connectivity index (χ1v) is 7.81. The van der Waals surface area contributed by atoms with E-state index in [0.717, 1.165) is 0 Å². The Morgan fingerprint density at radius 1 is 1.48 bits per heavy atom. The van der Waals surface area contributed by atoms with Crippen molar-refractivity contribution in [3.63, 3.8) is 0 Å². The summed E-state index contributed by atoms with van der Waals surface area (Å²) in [6, 6.07) is 0. The Balaban J connectivity index is 1.84. The minimum absolute atomic E-state index is 0.0362. The fourth-order valence-electron chi connectivity index (χ4n) is 2.66. The smallest absolute Gasteiger partial charge is 0.280 e. The molecule has 4 atom stereocenters. The number of imidazole rings is 1. The Labute approximate surface area is 141 Å². The lowest BCUT2D eigenvalue weighted by Gasteiger charge is -2.17. The molecule has 0 unspecified atom stereocenters. The predicted octanol–water partition coefficient (Wildman–Crippen LogP) is -1.91. The summed E-state index contributed by atoms with van der Waals surface area (Å²) < 4.78 is 7.00. The summed E-state index contributed by atoms with van der Waals surface area (Å²) >= 11 is 0. The standard InChI is InChI=1S/C14H20N6O5/c1-5(2)11(23)16-3-6-8(21)9(22)13(25-6)20-4-17-7-10(20)18-14(15)19-12(7)24/h4-6,8-9,13,21-22H,3H2,1-2H3,(H,16,23)(H3,15,18,19,24)/t6-,8-,9-,13-/m1/s1. The molecule has 3 rings (SSSR count). The van der Waals surface area contributed by atoms with Gasteiger partial charge in [-0.3, -0.25) is 19.1 Å². The molecular formula is C14H20N6O5. The first-order chi connectivity index (χ1) is 11.8. The van der Waals surface area contributed by atoms with E-state index < -0.39 is 30.1 Å². The van der Waals surface area contributed by atoms with Crippen LogP contribution in [0.4, 0.5) is 5.95 Å². The molecule has 1 saturated heterocycles. The van der Waals surface area contributed by atoms with Gasteiger partial charge in [0.15, 0.2) is 17.4 Å². The number of aromatic amines is 1. The van der Waals surface area contributed by atoms with E-state index in [9.17, 15) is 19.8 Å². The van der Waals surface area contributed by atoms with Gasteiger partial charge in [0.2, 0.25) is 11.9 Å². The molecule has 1 amide bonds. The van der Waals surface area contributed by atoms with E-state index in [0.29, 0.717) is 0 Å². The molecule has 0 radical (unpaired) electrons. The van der Waals surface area contributed by atoms with Gasteiger partial charge >= 0.3 is 0 Å². The largest absolute Gasteiger partial charge is 0.387 e. The molecule has 1 aliphatic rings. The van der Waals surface area contributed by atoms with Crippen molar-refractivity contribution in [1.82, 2.24) is 24.8 Å². The number of nitrogens with one attached hydrogen (secondary N) is 2. The first kappa shape index (κ1) is 17.3. The fourth-order valence-corrected chi connectivity index (χ4v) is 2.66. The number of nitrogens with two attached hydrogens (primary N) is 1. The highest BCUT2D eigenvalue weighted by Gasteiger charge is 2.44. The first-order valence-electron chi connectivity index (χ1n) is 7.81. The van der Waals surface area contributed by atoms with Crippen molar-refractivity contribution in [2.45, 2.75) is 38.4 Å². The normalized spacial score (nSPS) is 26.4. The summed E-state index contributed by atoms with van der Waals surface area (Å²) in [5.74, 6) is -0.508. The number of aliphatic hydroxyl groups excluding tert-OH is 2. The van der Waals surface area contributed by atoms with Crippen LogP contribution in [0.5, 0.6) is 0 Å². The van der Waals surface area contributed by atoms with Crippen molar-refractivity contribution in [2.75, 3.05) is 12.3 Å². The third-order valence-corrected chi connectivity index (χ3v) is 4.06. The van der Waals surface area contributed by atoms with Crippen LogP contribution in [0.1, 0.15) is 20.1 Å². The van der Waals surface area contributed by atoms with Gasteiger partial charge in [-0.25, -0.2) is 4.98 Å². The van der Waals surface area contributed by atoms with Crippen molar-refractivity contribution >= 4 is 23.0 Å². The average Bonchev–Trinajstić information content (AvgIpc) is 3.08. The summed E-state index contributed by atoms with van der Waals surface area (Å²) in [5, 5.41) is 23.1. The highest BCUT2D eigenvalue weighted by atomic mass is 16.6. The maximum absolute atomic E-state index is 11.8. The molecule has 0 spiro atoms. The highest BCUT2D eigenvalue weighted by Crippen LogP contribution is 2.30. The summed E-state index contributed by atoms with van der Waals surface area (Å²) in [6.45, 7) is 3.52. The molecule has 11 nitrogen and oxygen atoms in total. The SMILES string of the molecule is CC(C)C(=O)NC[C@H]1O[C@@H](n2cnc3c(=O)[nH]c(N)nc32)[C@H](O)[C@@H]1O. The zero-order valence-corrected chi connectivity index (χ0v) is 13.7. The maximum Gasteiger partial charge on any atom is 0.280 e. The van der Waals surface area contributed by atoms with Gasteiger partial charge in [-0.2, -0.15) is 4.98 Å². The number of anilines is 1. The number of hydrogen-bond donors (Lipinski definition) is 5. The minimum Gasteiger partial charge on any atom is -0.387 e. The summed E-state index contributed by atoms with van der Waals surface area (Å²) in [7, 11) is 0. The fraction of sp³-hybridized carbons (Fsp3) is 0.571. The van der Waals surface area contributed by atoms with E-state index in [-0.39, 0.29) is 35.5 Å². The lowest BCUT2D eigenvalue weighted by atomic mass is 10.1. The molecule has 2 aromatic heterocycles. The molecule has 25 heavy (non-hydrogen) atoms. The zero-order valence-electron chi connectivity index (χ0n) is 13.7. The third kappa shape index (κ3) is 3.08. The number of carbonyl (C=O) groups excluding carboxylic acids is 1. The third-order valence-electron chi connectivity index (χ3n) is 4.06. The Morgan fingerprint density at radius 3 is 2.88 bits per heavy atom. The number of hydrogen-bond acceptors (Lipinski definition) is 8. The van der Waals surface area contributed by atoms with Crippen LogP contribution in [0, 0.1) is 5.92 Å². The van der Waals surface area contributed by atoms with Gasteiger partial charge < -0.3 is 26.0 Å². The molecule has 2 aromatic rings. The van der Waals surface area contributed by atoms with Crippen LogP contribution in [0.3, 0.4) is 0 Å². The van der Waals surface area contributed by atoms with Gasteiger partial charge in [-0.1, -0.05) is 13.8 Å². The molecule has 1 fully saturated rings. The second kappa shape index (κ2) is 6.43. The van der Waals surface area contributed by atoms with Crippen molar-refractivity contribution in [3.05, 3.63) is 16.7 Å². The Hall–Kier alpha value is -2.50. The van der Waals surface area contributed by atoms with Crippen LogP contribution in [0.25, 0.3) is 11.2 Å². The van der Waals surface area contributed by atoms with Crippen molar-refractivity contribution < 1.29 is 19.7 Å². The number of H-pyrrole nitrogens is 1. The van der Waals surface area contributed by atoms with Gasteiger partial charge in [0.1, 0.15) is 18.3 Å². The molecule has 0 bridgehead atoms.